The molecule has 1 aromatic rings. The molecule has 1 nitrogen and oxygen atoms in total. The van der Waals surface area contributed by atoms with E-state index in [0.29, 0.717) is 0 Å². The Hall–Kier alpha value is -1.52. The van der Waals surface area contributed by atoms with Gasteiger partial charge in [0.05, 0.1) is 6.04 Å². The minimum Gasteiger partial charge on any atom is -0.303 e. The first-order valence-electron chi connectivity index (χ1n) is 6.68. The summed E-state index contributed by atoms with van der Waals surface area (Å²) in [5, 5.41) is 3.57. The molecule has 0 aliphatic heterocycles. The standard InChI is InChI=1S/C17H21N/c1-14(2)8-11-17(18-13-16-9-10-16)12-15-6-4-3-5-7-15/h3-7,16-18H,1,9-10,12-13H2,2H3. The molecule has 94 valence electrons. The van der Waals surface area contributed by atoms with Gasteiger partial charge in [-0.2, -0.15) is 0 Å². The molecule has 0 saturated heterocycles. The fraction of sp³-hybridized carbons (Fsp3) is 0.412. The van der Waals surface area contributed by atoms with Crippen LogP contribution < -0.4 is 5.32 Å². The summed E-state index contributed by atoms with van der Waals surface area (Å²) < 4.78 is 0. The smallest absolute Gasteiger partial charge is 0.0734 e. The van der Waals surface area contributed by atoms with E-state index >= 15 is 0 Å². The first-order valence-corrected chi connectivity index (χ1v) is 6.68. The summed E-state index contributed by atoms with van der Waals surface area (Å²) in [5.41, 5.74) is 2.27. The van der Waals surface area contributed by atoms with Crippen LogP contribution in [0.5, 0.6) is 0 Å². The highest BCUT2D eigenvalue weighted by atomic mass is 14.9. The van der Waals surface area contributed by atoms with Gasteiger partial charge < -0.3 is 5.32 Å². The molecular weight excluding hydrogens is 218 g/mol. The summed E-state index contributed by atoms with van der Waals surface area (Å²) in [6.07, 6.45) is 3.71. The Balaban J connectivity index is 1.94. The molecule has 1 aliphatic carbocycles. The van der Waals surface area contributed by atoms with Gasteiger partial charge in [-0.05, 0) is 49.8 Å². The largest absolute Gasteiger partial charge is 0.303 e. The van der Waals surface area contributed by atoms with Gasteiger partial charge in [0.15, 0.2) is 0 Å². The number of benzene rings is 1. The van der Waals surface area contributed by atoms with E-state index in [1.807, 2.05) is 6.92 Å². The second kappa shape index (κ2) is 6.42. The summed E-state index contributed by atoms with van der Waals surface area (Å²) in [6, 6.07) is 10.8. The van der Waals surface area contributed by atoms with Crippen LogP contribution in [0.3, 0.4) is 0 Å². The maximum Gasteiger partial charge on any atom is 0.0734 e. The Kier molecular flexibility index (Phi) is 4.61. The molecule has 0 bridgehead atoms. The van der Waals surface area contributed by atoms with E-state index in [-0.39, 0.29) is 6.04 Å². The first kappa shape index (κ1) is 12.9. The monoisotopic (exact) mass is 239 g/mol. The Morgan fingerprint density at radius 1 is 1.39 bits per heavy atom. The summed E-state index contributed by atoms with van der Waals surface area (Å²) in [7, 11) is 0. The van der Waals surface area contributed by atoms with Crippen molar-refractivity contribution in [2.24, 2.45) is 5.92 Å². The third kappa shape index (κ3) is 4.77. The highest BCUT2D eigenvalue weighted by molar-refractivity contribution is 5.27. The Morgan fingerprint density at radius 2 is 2.11 bits per heavy atom. The van der Waals surface area contributed by atoms with Crippen molar-refractivity contribution in [1.29, 1.82) is 0 Å². The second-order valence-corrected chi connectivity index (χ2v) is 5.14. The van der Waals surface area contributed by atoms with Gasteiger partial charge in [0.25, 0.3) is 0 Å². The maximum absolute atomic E-state index is 3.84. The quantitative estimate of drug-likeness (QED) is 0.778. The number of rotatable bonds is 5. The number of hydrogen-bond acceptors (Lipinski definition) is 1. The van der Waals surface area contributed by atoms with E-state index in [4.69, 9.17) is 0 Å². The van der Waals surface area contributed by atoms with Crippen LogP contribution in [0.2, 0.25) is 0 Å². The van der Waals surface area contributed by atoms with Crippen molar-refractivity contribution in [2.75, 3.05) is 6.54 Å². The van der Waals surface area contributed by atoms with E-state index in [1.54, 1.807) is 0 Å². The van der Waals surface area contributed by atoms with Gasteiger partial charge in [-0.25, -0.2) is 0 Å². The molecule has 2 rings (SSSR count). The molecule has 18 heavy (non-hydrogen) atoms. The third-order valence-electron chi connectivity index (χ3n) is 3.09. The van der Waals surface area contributed by atoms with E-state index in [1.165, 1.54) is 18.4 Å². The van der Waals surface area contributed by atoms with Crippen molar-refractivity contribution in [3.8, 4) is 11.8 Å². The molecule has 0 radical (unpaired) electrons. The van der Waals surface area contributed by atoms with Crippen molar-refractivity contribution in [2.45, 2.75) is 32.2 Å². The highest BCUT2D eigenvalue weighted by Crippen LogP contribution is 2.27. The van der Waals surface area contributed by atoms with Crippen LogP contribution in [-0.4, -0.2) is 12.6 Å². The van der Waals surface area contributed by atoms with Crippen LogP contribution in [0.1, 0.15) is 25.3 Å². The molecule has 1 aliphatic rings. The predicted octanol–water partition coefficient (Wildman–Crippen LogP) is 3.18. The number of hydrogen-bond donors (Lipinski definition) is 1. The van der Waals surface area contributed by atoms with Gasteiger partial charge in [-0.15, -0.1) is 0 Å². The topological polar surface area (TPSA) is 12.0 Å². The molecular formula is C17H21N. The van der Waals surface area contributed by atoms with Gasteiger partial charge in [-0.3, -0.25) is 0 Å². The molecule has 1 aromatic carbocycles. The lowest BCUT2D eigenvalue weighted by Crippen LogP contribution is -2.31. The van der Waals surface area contributed by atoms with Gasteiger partial charge in [0.2, 0.25) is 0 Å². The molecule has 1 saturated carbocycles. The molecule has 1 atom stereocenters. The van der Waals surface area contributed by atoms with Gasteiger partial charge >= 0.3 is 0 Å². The summed E-state index contributed by atoms with van der Waals surface area (Å²) in [4.78, 5) is 0. The normalized spacial score (nSPS) is 15.6. The van der Waals surface area contributed by atoms with Crippen LogP contribution >= 0.6 is 0 Å². The van der Waals surface area contributed by atoms with E-state index < -0.39 is 0 Å². The van der Waals surface area contributed by atoms with Crippen LogP contribution in [0.25, 0.3) is 0 Å². The van der Waals surface area contributed by atoms with Crippen molar-refractivity contribution in [3.63, 3.8) is 0 Å². The molecule has 0 aromatic heterocycles. The van der Waals surface area contributed by atoms with Gasteiger partial charge in [-0.1, -0.05) is 48.8 Å². The van der Waals surface area contributed by atoms with Crippen LogP contribution in [0, 0.1) is 17.8 Å². The van der Waals surface area contributed by atoms with Crippen molar-refractivity contribution in [1.82, 2.24) is 5.32 Å². The minimum atomic E-state index is 0.240. The molecule has 1 unspecified atom stereocenters. The molecule has 1 N–H and O–H groups in total. The maximum atomic E-state index is 3.84. The number of allylic oxidation sites excluding steroid dienone is 1. The Morgan fingerprint density at radius 3 is 2.72 bits per heavy atom. The minimum absolute atomic E-state index is 0.240. The van der Waals surface area contributed by atoms with Crippen molar-refractivity contribution >= 4 is 0 Å². The van der Waals surface area contributed by atoms with E-state index in [9.17, 15) is 0 Å². The zero-order valence-electron chi connectivity index (χ0n) is 11.1. The second-order valence-electron chi connectivity index (χ2n) is 5.14. The lowest BCUT2D eigenvalue weighted by atomic mass is 10.1. The zero-order chi connectivity index (χ0) is 12.8. The molecule has 1 heteroatoms. The zero-order valence-corrected chi connectivity index (χ0v) is 11.1. The van der Waals surface area contributed by atoms with Crippen LogP contribution in [0.4, 0.5) is 0 Å². The highest BCUT2D eigenvalue weighted by Gasteiger charge is 2.21. The average Bonchev–Trinajstić information content (AvgIpc) is 3.18. The first-order chi connectivity index (χ1) is 8.74. The molecule has 0 amide bonds. The third-order valence-corrected chi connectivity index (χ3v) is 3.09. The lowest BCUT2D eigenvalue weighted by Gasteiger charge is -2.13. The Labute approximate surface area is 110 Å². The van der Waals surface area contributed by atoms with Crippen molar-refractivity contribution in [3.05, 3.63) is 48.0 Å². The average molecular weight is 239 g/mol. The lowest BCUT2D eigenvalue weighted by molar-refractivity contribution is 0.574. The SMILES string of the molecule is C=C(C)C#CC(Cc1ccccc1)NCC1CC1. The van der Waals surface area contributed by atoms with Gasteiger partial charge in [0, 0.05) is 0 Å². The number of nitrogens with one attached hydrogen (secondary N) is 1. The van der Waals surface area contributed by atoms with Crippen molar-refractivity contribution < 1.29 is 0 Å². The molecule has 1 fully saturated rings. The predicted molar refractivity (Wildman–Crippen MR) is 77.3 cm³/mol. The molecule has 0 heterocycles. The van der Waals surface area contributed by atoms with Crippen LogP contribution in [0.15, 0.2) is 42.5 Å². The van der Waals surface area contributed by atoms with E-state index in [2.05, 4.69) is 54.1 Å². The summed E-state index contributed by atoms with van der Waals surface area (Å²) >= 11 is 0. The van der Waals surface area contributed by atoms with Crippen LogP contribution in [-0.2, 0) is 6.42 Å². The Bertz CT molecular complexity index is 445. The fourth-order valence-corrected chi connectivity index (χ4v) is 1.87. The van der Waals surface area contributed by atoms with Gasteiger partial charge in [0.1, 0.15) is 0 Å². The van der Waals surface area contributed by atoms with E-state index in [0.717, 1.165) is 24.5 Å². The summed E-state index contributed by atoms with van der Waals surface area (Å²) in [6.45, 7) is 6.89. The fourth-order valence-electron chi connectivity index (χ4n) is 1.87. The summed E-state index contributed by atoms with van der Waals surface area (Å²) in [5.74, 6) is 7.28. The molecule has 0 spiro atoms.